The van der Waals surface area contributed by atoms with E-state index in [4.69, 9.17) is 0 Å². The molecule has 0 aliphatic rings. The molecule has 1 unspecified atom stereocenters. The lowest BCUT2D eigenvalue weighted by molar-refractivity contribution is 0.159. The van der Waals surface area contributed by atoms with Crippen LogP contribution in [0.2, 0.25) is 0 Å². The first-order valence-electron chi connectivity index (χ1n) is 8.33. The van der Waals surface area contributed by atoms with Gasteiger partial charge in [-0.2, -0.15) is 0 Å². The molecular weight excluding hydrogens is 289 g/mol. The molecule has 0 saturated carbocycles. The van der Waals surface area contributed by atoms with Crippen LogP contribution in [-0.4, -0.2) is 30.1 Å². The van der Waals surface area contributed by atoms with E-state index in [0.717, 1.165) is 42.6 Å². The van der Waals surface area contributed by atoms with Crippen molar-refractivity contribution in [1.82, 2.24) is 4.90 Å². The fraction of sp³-hybridized carbons (Fsp3) is 0.400. The lowest BCUT2D eigenvalue weighted by Crippen LogP contribution is -2.20. The molecule has 23 heavy (non-hydrogen) atoms. The van der Waals surface area contributed by atoms with Gasteiger partial charge < -0.3 is 10.0 Å². The molecule has 2 rings (SSSR count). The SMILES string of the molecule is CCCN(C)CCCC(O)c1ccc(F)cc1-c1ccccc1. The predicted molar refractivity (Wildman–Crippen MR) is 93.8 cm³/mol. The minimum absolute atomic E-state index is 0.275. The maximum Gasteiger partial charge on any atom is 0.123 e. The van der Waals surface area contributed by atoms with E-state index in [2.05, 4.69) is 18.9 Å². The summed E-state index contributed by atoms with van der Waals surface area (Å²) in [5, 5.41) is 10.6. The van der Waals surface area contributed by atoms with Crippen LogP contribution in [0.5, 0.6) is 0 Å². The Morgan fingerprint density at radius 1 is 1.09 bits per heavy atom. The van der Waals surface area contributed by atoms with E-state index in [1.807, 2.05) is 30.3 Å². The Morgan fingerprint density at radius 3 is 2.52 bits per heavy atom. The number of halogens is 1. The number of hydrogen-bond acceptors (Lipinski definition) is 2. The minimum atomic E-state index is -0.569. The summed E-state index contributed by atoms with van der Waals surface area (Å²) in [7, 11) is 2.10. The molecule has 0 aliphatic heterocycles. The van der Waals surface area contributed by atoms with Crippen LogP contribution in [0, 0.1) is 5.82 Å². The highest BCUT2D eigenvalue weighted by atomic mass is 19.1. The van der Waals surface area contributed by atoms with Crippen molar-refractivity contribution in [3.05, 3.63) is 59.9 Å². The van der Waals surface area contributed by atoms with Crippen LogP contribution in [0.25, 0.3) is 11.1 Å². The van der Waals surface area contributed by atoms with Gasteiger partial charge in [0.05, 0.1) is 6.10 Å². The standard InChI is InChI=1S/C20H26FNO/c1-3-13-22(2)14-7-10-20(23)18-12-11-17(21)15-19(18)16-8-5-4-6-9-16/h4-6,8-9,11-12,15,20,23H,3,7,10,13-14H2,1-2H3. The van der Waals surface area contributed by atoms with E-state index in [1.165, 1.54) is 12.1 Å². The molecule has 3 heteroatoms. The second-order valence-corrected chi connectivity index (χ2v) is 6.06. The van der Waals surface area contributed by atoms with Gasteiger partial charge in [0.1, 0.15) is 5.82 Å². The molecule has 0 radical (unpaired) electrons. The zero-order valence-corrected chi connectivity index (χ0v) is 14.0. The fourth-order valence-electron chi connectivity index (χ4n) is 2.89. The summed E-state index contributed by atoms with van der Waals surface area (Å²) >= 11 is 0. The molecule has 0 aliphatic carbocycles. The van der Waals surface area contributed by atoms with Crippen LogP contribution in [0.1, 0.15) is 37.9 Å². The second-order valence-electron chi connectivity index (χ2n) is 6.06. The number of aliphatic hydroxyl groups excluding tert-OH is 1. The van der Waals surface area contributed by atoms with Crippen LogP contribution in [-0.2, 0) is 0 Å². The highest BCUT2D eigenvalue weighted by molar-refractivity contribution is 5.67. The molecule has 0 spiro atoms. The lowest BCUT2D eigenvalue weighted by Gasteiger charge is -2.19. The zero-order valence-electron chi connectivity index (χ0n) is 14.0. The molecule has 1 N–H and O–H groups in total. The van der Waals surface area contributed by atoms with Gasteiger partial charge in [-0.1, -0.05) is 43.3 Å². The number of rotatable bonds is 8. The average molecular weight is 315 g/mol. The quantitative estimate of drug-likeness (QED) is 0.766. The normalized spacial score (nSPS) is 12.6. The summed E-state index contributed by atoms with van der Waals surface area (Å²) < 4.78 is 13.7. The number of hydrogen-bond donors (Lipinski definition) is 1. The highest BCUT2D eigenvalue weighted by Crippen LogP contribution is 2.31. The molecule has 0 aromatic heterocycles. The average Bonchev–Trinajstić information content (AvgIpc) is 2.55. The third kappa shape index (κ3) is 5.15. The van der Waals surface area contributed by atoms with Crippen LogP contribution in [0.15, 0.2) is 48.5 Å². The highest BCUT2D eigenvalue weighted by Gasteiger charge is 2.14. The van der Waals surface area contributed by atoms with Crippen molar-refractivity contribution in [2.45, 2.75) is 32.3 Å². The van der Waals surface area contributed by atoms with Crippen molar-refractivity contribution < 1.29 is 9.50 Å². The largest absolute Gasteiger partial charge is 0.388 e. The molecule has 0 heterocycles. The smallest absolute Gasteiger partial charge is 0.123 e. The fourth-order valence-corrected chi connectivity index (χ4v) is 2.89. The third-order valence-corrected chi connectivity index (χ3v) is 4.08. The molecule has 0 bridgehead atoms. The predicted octanol–water partition coefficient (Wildman–Crippen LogP) is 4.65. The van der Waals surface area contributed by atoms with Crippen molar-refractivity contribution >= 4 is 0 Å². The van der Waals surface area contributed by atoms with Crippen molar-refractivity contribution in [3.8, 4) is 11.1 Å². The van der Waals surface area contributed by atoms with Gasteiger partial charge in [-0.15, -0.1) is 0 Å². The van der Waals surface area contributed by atoms with Crippen LogP contribution in [0.3, 0.4) is 0 Å². The molecule has 0 saturated heterocycles. The summed E-state index contributed by atoms with van der Waals surface area (Å²) in [6.07, 6.45) is 2.17. The van der Waals surface area contributed by atoms with E-state index < -0.39 is 6.10 Å². The monoisotopic (exact) mass is 315 g/mol. The van der Waals surface area contributed by atoms with E-state index in [0.29, 0.717) is 6.42 Å². The van der Waals surface area contributed by atoms with Crippen LogP contribution < -0.4 is 0 Å². The molecule has 0 fully saturated rings. The molecule has 2 aromatic carbocycles. The van der Waals surface area contributed by atoms with E-state index in [1.54, 1.807) is 6.07 Å². The van der Waals surface area contributed by atoms with Gasteiger partial charge in [-0.25, -0.2) is 4.39 Å². The van der Waals surface area contributed by atoms with Gasteiger partial charge in [0.15, 0.2) is 0 Å². The second kappa shape index (κ2) is 8.80. The van der Waals surface area contributed by atoms with E-state index in [-0.39, 0.29) is 5.82 Å². The van der Waals surface area contributed by atoms with E-state index >= 15 is 0 Å². The number of benzene rings is 2. The summed E-state index contributed by atoms with van der Waals surface area (Å²) in [6, 6.07) is 14.3. The molecule has 2 nitrogen and oxygen atoms in total. The molecule has 2 aromatic rings. The van der Waals surface area contributed by atoms with Gasteiger partial charge in [0, 0.05) is 0 Å². The van der Waals surface area contributed by atoms with Crippen molar-refractivity contribution in [1.29, 1.82) is 0 Å². The number of aliphatic hydroxyl groups is 1. The summed E-state index contributed by atoms with van der Waals surface area (Å²) in [6.45, 7) is 4.20. The summed E-state index contributed by atoms with van der Waals surface area (Å²) in [5.74, 6) is -0.275. The maximum atomic E-state index is 13.7. The van der Waals surface area contributed by atoms with Gasteiger partial charge >= 0.3 is 0 Å². The van der Waals surface area contributed by atoms with Crippen LogP contribution >= 0.6 is 0 Å². The first kappa shape index (κ1) is 17.6. The van der Waals surface area contributed by atoms with Crippen molar-refractivity contribution in [2.75, 3.05) is 20.1 Å². The Hall–Kier alpha value is -1.71. The van der Waals surface area contributed by atoms with Crippen LogP contribution in [0.4, 0.5) is 4.39 Å². The Morgan fingerprint density at radius 2 is 1.83 bits per heavy atom. The Balaban J connectivity index is 2.10. The summed E-state index contributed by atoms with van der Waals surface area (Å²) in [5.41, 5.74) is 2.51. The minimum Gasteiger partial charge on any atom is -0.388 e. The van der Waals surface area contributed by atoms with Gasteiger partial charge in [0.25, 0.3) is 0 Å². The molecular formula is C20H26FNO. The molecule has 1 atom stereocenters. The molecule has 124 valence electrons. The van der Waals surface area contributed by atoms with Crippen molar-refractivity contribution in [3.63, 3.8) is 0 Å². The first-order valence-corrected chi connectivity index (χ1v) is 8.33. The van der Waals surface area contributed by atoms with E-state index in [9.17, 15) is 9.50 Å². The molecule has 0 amide bonds. The Labute approximate surface area is 138 Å². The number of nitrogens with zero attached hydrogens (tertiary/aromatic N) is 1. The Kier molecular flexibility index (Phi) is 6.75. The zero-order chi connectivity index (χ0) is 16.7. The third-order valence-electron chi connectivity index (χ3n) is 4.08. The first-order chi connectivity index (χ1) is 11.1. The maximum absolute atomic E-state index is 13.7. The summed E-state index contributed by atoms with van der Waals surface area (Å²) in [4.78, 5) is 2.27. The topological polar surface area (TPSA) is 23.5 Å². The Bertz CT molecular complexity index is 600. The lowest BCUT2D eigenvalue weighted by atomic mass is 9.94. The van der Waals surface area contributed by atoms with Crippen molar-refractivity contribution in [2.24, 2.45) is 0 Å². The van der Waals surface area contributed by atoms with Gasteiger partial charge in [-0.3, -0.25) is 0 Å². The van der Waals surface area contributed by atoms with Gasteiger partial charge in [0.2, 0.25) is 0 Å². The van der Waals surface area contributed by atoms with Gasteiger partial charge in [-0.05, 0) is 68.2 Å².